The Morgan fingerprint density at radius 2 is 2.38 bits per heavy atom. The molecule has 0 aromatic carbocycles. The summed E-state index contributed by atoms with van der Waals surface area (Å²) in [6.45, 7) is 2.06. The van der Waals surface area contributed by atoms with Crippen molar-refractivity contribution < 1.29 is 4.52 Å². The molecular weight excluding hydrogens is 206 g/mol. The van der Waals surface area contributed by atoms with Gasteiger partial charge in [0, 0.05) is 25.2 Å². The zero-order valence-electron chi connectivity index (χ0n) is 9.42. The van der Waals surface area contributed by atoms with E-state index in [4.69, 9.17) is 10.3 Å². The summed E-state index contributed by atoms with van der Waals surface area (Å²) in [4.78, 5) is 4.25. The third-order valence-electron chi connectivity index (χ3n) is 2.31. The van der Waals surface area contributed by atoms with Gasteiger partial charge in [-0.15, -0.1) is 0 Å². The van der Waals surface area contributed by atoms with Crippen molar-refractivity contribution in [2.45, 2.75) is 25.8 Å². The van der Waals surface area contributed by atoms with E-state index in [1.165, 1.54) is 0 Å². The van der Waals surface area contributed by atoms with Gasteiger partial charge in [0.2, 0.25) is 5.89 Å². The van der Waals surface area contributed by atoms with Crippen LogP contribution in [0.4, 0.5) is 0 Å². The first-order chi connectivity index (χ1) is 7.70. The number of aryl methyl sites for hydroxylation is 2. The molecule has 1 unspecified atom stereocenters. The van der Waals surface area contributed by atoms with E-state index < -0.39 is 0 Å². The summed E-state index contributed by atoms with van der Waals surface area (Å²) in [6, 6.07) is -0.372. The van der Waals surface area contributed by atoms with E-state index >= 15 is 0 Å². The van der Waals surface area contributed by atoms with Crippen molar-refractivity contribution in [3.05, 3.63) is 29.7 Å². The van der Waals surface area contributed by atoms with Gasteiger partial charge in [0.05, 0.1) is 12.2 Å². The fraction of sp³-hybridized carbons (Fsp3) is 0.500. The van der Waals surface area contributed by atoms with Crippen LogP contribution in [0.3, 0.4) is 0 Å². The zero-order valence-corrected chi connectivity index (χ0v) is 9.42. The number of nitrogens with two attached hydrogens (primary N) is 1. The van der Waals surface area contributed by atoms with Gasteiger partial charge in [-0.1, -0.05) is 12.1 Å². The van der Waals surface area contributed by atoms with E-state index in [2.05, 4.69) is 22.2 Å². The lowest BCUT2D eigenvalue weighted by Gasteiger charge is -2.01. The first kappa shape index (κ1) is 10.8. The highest BCUT2D eigenvalue weighted by Crippen LogP contribution is 2.16. The number of aromatic nitrogens is 4. The van der Waals surface area contributed by atoms with Crippen LogP contribution in [0.1, 0.15) is 36.7 Å². The second-order valence-electron chi connectivity index (χ2n) is 3.72. The molecule has 6 heteroatoms. The van der Waals surface area contributed by atoms with E-state index in [1.54, 1.807) is 10.9 Å². The predicted molar refractivity (Wildman–Crippen MR) is 57.5 cm³/mol. The summed E-state index contributed by atoms with van der Waals surface area (Å²) in [7, 11) is 1.84. The van der Waals surface area contributed by atoms with Crippen LogP contribution >= 0.6 is 0 Å². The van der Waals surface area contributed by atoms with Gasteiger partial charge in [-0.25, -0.2) is 0 Å². The Labute approximate surface area is 93.4 Å². The molecule has 2 aromatic rings. The zero-order chi connectivity index (χ0) is 11.5. The molecule has 0 spiro atoms. The summed E-state index contributed by atoms with van der Waals surface area (Å²) < 4.78 is 6.78. The largest absolute Gasteiger partial charge is 0.339 e. The molecule has 0 bridgehead atoms. The highest BCUT2D eigenvalue weighted by Gasteiger charge is 2.17. The third-order valence-corrected chi connectivity index (χ3v) is 2.31. The molecule has 2 N–H and O–H groups in total. The van der Waals surface area contributed by atoms with Crippen molar-refractivity contribution in [1.82, 2.24) is 19.9 Å². The minimum Gasteiger partial charge on any atom is -0.339 e. The number of hydrogen-bond donors (Lipinski definition) is 1. The minimum atomic E-state index is -0.372. The predicted octanol–water partition coefficient (Wildman–Crippen LogP) is 0.804. The van der Waals surface area contributed by atoms with E-state index in [1.807, 2.05) is 13.2 Å². The van der Waals surface area contributed by atoms with E-state index in [-0.39, 0.29) is 6.04 Å². The Hall–Kier alpha value is -1.69. The normalized spacial score (nSPS) is 12.9. The van der Waals surface area contributed by atoms with Gasteiger partial charge in [-0.05, 0) is 6.42 Å². The Morgan fingerprint density at radius 3 is 3.00 bits per heavy atom. The maximum absolute atomic E-state index is 6.00. The lowest BCUT2D eigenvalue weighted by atomic mass is 10.2. The molecule has 0 fully saturated rings. The fourth-order valence-electron chi connectivity index (χ4n) is 1.46. The van der Waals surface area contributed by atoms with Crippen LogP contribution in [0.2, 0.25) is 0 Å². The molecule has 0 aliphatic carbocycles. The van der Waals surface area contributed by atoms with Crippen molar-refractivity contribution in [1.29, 1.82) is 0 Å². The summed E-state index contributed by atoms with van der Waals surface area (Å²) in [5.74, 6) is 1.15. The van der Waals surface area contributed by atoms with Crippen LogP contribution in [0, 0.1) is 0 Å². The molecule has 0 aliphatic heterocycles. The molecule has 0 saturated carbocycles. The lowest BCUT2D eigenvalue weighted by molar-refractivity contribution is 0.370. The van der Waals surface area contributed by atoms with Crippen LogP contribution in [-0.4, -0.2) is 19.9 Å². The maximum Gasteiger partial charge on any atom is 0.226 e. The second kappa shape index (κ2) is 4.44. The number of rotatable bonds is 4. The number of hydrogen-bond acceptors (Lipinski definition) is 5. The highest BCUT2D eigenvalue weighted by atomic mass is 16.5. The minimum absolute atomic E-state index is 0.372. The molecular formula is C10H15N5O. The summed E-state index contributed by atoms with van der Waals surface area (Å²) in [6.07, 6.45) is 5.32. The molecule has 0 radical (unpaired) electrons. The van der Waals surface area contributed by atoms with Gasteiger partial charge in [-0.2, -0.15) is 10.1 Å². The molecule has 2 heterocycles. The second-order valence-corrected chi connectivity index (χ2v) is 3.72. The van der Waals surface area contributed by atoms with E-state index in [0.717, 1.165) is 18.4 Å². The third kappa shape index (κ3) is 2.11. The maximum atomic E-state index is 6.00. The monoisotopic (exact) mass is 221 g/mol. The van der Waals surface area contributed by atoms with Gasteiger partial charge in [0.15, 0.2) is 5.82 Å². The van der Waals surface area contributed by atoms with Gasteiger partial charge < -0.3 is 10.3 Å². The first-order valence-electron chi connectivity index (χ1n) is 5.27. The number of nitrogens with zero attached hydrogens (tertiary/aromatic N) is 4. The molecule has 1 atom stereocenters. The average Bonchev–Trinajstić information content (AvgIpc) is 2.87. The Bertz CT molecular complexity index is 461. The van der Waals surface area contributed by atoms with E-state index in [0.29, 0.717) is 11.7 Å². The standard InChI is InChI=1S/C10H15N5O/c1-3-4-8-13-10(14-16-8)9(11)7-5-12-15(2)6-7/h5-6,9H,3-4,11H2,1-2H3. The average molecular weight is 221 g/mol. The van der Waals surface area contributed by atoms with Crippen molar-refractivity contribution in [3.63, 3.8) is 0 Å². The first-order valence-corrected chi connectivity index (χ1v) is 5.27. The molecule has 0 aliphatic rings. The lowest BCUT2D eigenvalue weighted by Crippen LogP contribution is -2.13. The van der Waals surface area contributed by atoms with Gasteiger partial charge >= 0.3 is 0 Å². The van der Waals surface area contributed by atoms with Gasteiger partial charge in [0.1, 0.15) is 0 Å². The van der Waals surface area contributed by atoms with Crippen molar-refractivity contribution in [3.8, 4) is 0 Å². The quantitative estimate of drug-likeness (QED) is 0.825. The van der Waals surface area contributed by atoms with Crippen molar-refractivity contribution in [2.24, 2.45) is 12.8 Å². The Kier molecular flexibility index (Phi) is 3.00. The molecule has 86 valence electrons. The van der Waals surface area contributed by atoms with Crippen molar-refractivity contribution in [2.75, 3.05) is 0 Å². The summed E-state index contributed by atoms with van der Waals surface area (Å²) in [5.41, 5.74) is 6.88. The SMILES string of the molecule is CCCc1nc(C(N)c2cnn(C)c2)no1. The molecule has 0 saturated heterocycles. The Morgan fingerprint density at radius 1 is 1.56 bits per heavy atom. The van der Waals surface area contributed by atoms with Gasteiger partial charge in [-0.3, -0.25) is 4.68 Å². The van der Waals surface area contributed by atoms with Crippen LogP contribution < -0.4 is 5.73 Å². The molecule has 2 rings (SSSR count). The van der Waals surface area contributed by atoms with Crippen LogP contribution in [0.25, 0.3) is 0 Å². The summed E-state index contributed by atoms with van der Waals surface area (Å²) >= 11 is 0. The smallest absolute Gasteiger partial charge is 0.226 e. The van der Waals surface area contributed by atoms with Crippen LogP contribution in [0.15, 0.2) is 16.9 Å². The van der Waals surface area contributed by atoms with Crippen LogP contribution in [0.5, 0.6) is 0 Å². The van der Waals surface area contributed by atoms with Crippen LogP contribution in [-0.2, 0) is 13.5 Å². The topological polar surface area (TPSA) is 82.8 Å². The molecule has 2 aromatic heterocycles. The van der Waals surface area contributed by atoms with E-state index in [9.17, 15) is 0 Å². The molecule has 16 heavy (non-hydrogen) atoms. The van der Waals surface area contributed by atoms with Gasteiger partial charge in [0.25, 0.3) is 0 Å². The van der Waals surface area contributed by atoms with Crippen molar-refractivity contribution >= 4 is 0 Å². The molecule has 0 amide bonds. The fourth-order valence-corrected chi connectivity index (χ4v) is 1.46. The highest BCUT2D eigenvalue weighted by molar-refractivity contribution is 5.17. The summed E-state index contributed by atoms with van der Waals surface area (Å²) in [5, 5.41) is 7.93. The Balaban J connectivity index is 2.17. The molecule has 6 nitrogen and oxygen atoms in total.